The summed E-state index contributed by atoms with van der Waals surface area (Å²) < 4.78 is 18.6. The average molecular weight is 298 g/mol. The zero-order valence-electron chi connectivity index (χ0n) is 12.5. The van der Waals surface area contributed by atoms with Crippen molar-refractivity contribution in [3.8, 4) is 5.75 Å². The Balaban J connectivity index is 2.54. The number of nitrogens with one attached hydrogen (secondary N) is 2. The van der Waals surface area contributed by atoms with Crippen LogP contribution in [0.1, 0.15) is 33.1 Å². The smallest absolute Gasteiger partial charge is 0.319 e. The average Bonchev–Trinajstić information content (AvgIpc) is 2.47. The van der Waals surface area contributed by atoms with Crippen molar-refractivity contribution in [3.05, 3.63) is 24.0 Å². The molecule has 2 amide bonds. The molecule has 1 rings (SSSR count). The van der Waals surface area contributed by atoms with E-state index in [4.69, 9.17) is 4.74 Å². The molecule has 118 valence electrons. The number of carbonyl (C=O) groups is 1. The highest BCUT2D eigenvalue weighted by molar-refractivity contribution is 5.90. The molecule has 0 saturated carbocycles. The molecule has 6 heteroatoms. The van der Waals surface area contributed by atoms with Crippen LogP contribution >= 0.6 is 0 Å². The van der Waals surface area contributed by atoms with E-state index in [9.17, 15) is 14.3 Å². The van der Waals surface area contributed by atoms with Gasteiger partial charge in [-0.2, -0.15) is 0 Å². The van der Waals surface area contributed by atoms with Crippen molar-refractivity contribution in [2.75, 3.05) is 18.5 Å². The molecule has 0 saturated heterocycles. The van der Waals surface area contributed by atoms with Crippen molar-refractivity contribution in [1.29, 1.82) is 0 Å². The minimum absolute atomic E-state index is 0.306. The Morgan fingerprint density at radius 3 is 2.86 bits per heavy atom. The fraction of sp³-hybridized carbons (Fsp3) is 0.533. The summed E-state index contributed by atoms with van der Waals surface area (Å²) in [6.07, 6.45) is 1.51. The van der Waals surface area contributed by atoms with Crippen LogP contribution < -0.4 is 15.4 Å². The van der Waals surface area contributed by atoms with Crippen molar-refractivity contribution in [1.82, 2.24) is 5.32 Å². The summed E-state index contributed by atoms with van der Waals surface area (Å²) in [4.78, 5) is 11.7. The molecule has 0 fully saturated rings. The Morgan fingerprint density at radius 2 is 2.19 bits per heavy atom. The summed E-state index contributed by atoms with van der Waals surface area (Å²) in [5.74, 6) is -0.112. The maximum absolute atomic E-state index is 13.2. The summed E-state index contributed by atoms with van der Waals surface area (Å²) >= 11 is 0. The second-order valence-corrected chi connectivity index (χ2v) is 4.72. The lowest BCUT2D eigenvalue weighted by molar-refractivity contribution is 0.160. The molecule has 21 heavy (non-hydrogen) atoms. The first-order chi connectivity index (χ1) is 10.1. The van der Waals surface area contributed by atoms with Crippen LogP contribution in [0.25, 0.3) is 0 Å². The second-order valence-electron chi connectivity index (χ2n) is 4.72. The van der Waals surface area contributed by atoms with Crippen LogP contribution in [0, 0.1) is 5.82 Å². The van der Waals surface area contributed by atoms with E-state index in [1.54, 1.807) is 0 Å². The third-order valence-electron chi connectivity index (χ3n) is 2.89. The third-order valence-corrected chi connectivity index (χ3v) is 2.89. The van der Waals surface area contributed by atoms with Crippen molar-refractivity contribution in [3.63, 3.8) is 0 Å². The van der Waals surface area contributed by atoms with Gasteiger partial charge in [0.15, 0.2) is 0 Å². The van der Waals surface area contributed by atoms with Gasteiger partial charge < -0.3 is 20.5 Å². The molecule has 1 aromatic carbocycles. The van der Waals surface area contributed by atoms with E-state index in [1.165, 1.54) is 18.2 Å². The molecule has 1 atom stereocenters. The molecule has 1 unspecified atom stereocenters. The number of urea groups is 1. The van der Waals surface area contributed by atoms with Crippen LogP contribution in [0.15, 0.2) is 18.2 Å². The number of hydrogen-bond donors (Lipinski definition) is 3. The molecule has 3 N–H and O–H groups in total. The third kappa shape index (κ3) is 6.44. The van der Waals surface area contributed by atoms with Crippen LogP contribution in [0.3, 0.4) is 0 Å². The Bertz CT molecular complexity index is 455. The van der Waals surface area contributed by atoms with Crippen molar-refractivity contribution in [2.45, 2.75) is 39.2 Å². The minimum atomic E-state index is -0.418. The van der Waals surface area contributed by atoms with Gasteiger partial charge in [-0.15, -0.1) is 0 Å². The summed E-state index contributed by atoms with van der Waals surface area (Å²) in [7, 11) is 0. The highest BCUT2D eigenvalue weighted by atomic mass is 19.1. The van der Waals surface area contributed by atoms with Crippen LogP contribution in [-0.2, 0) is 0 Å². The Hall–Kier alpha value is -1.82. The van der Waals surface area contributed by atoms with Gasteiger partial charge in [0.1, 0.15) is 11.6 Å². The molecule has 0 aliphatic heterocycles. The van der Waals surface area contributed by atoms with Gasteiger partial charge >= 0.3 is 6.03 Å². The van der Waals surface area contributed by atoms with Gasteiger partial charge in [0, 0.05) is 12.6 Å². The molecule has 5 nitrogen and oxygen atoms in total. The van der Waals surface area contributed by atoms with E-state index in [0.29, 0.717) is 37.4 Å². The standard InChI is InChI=1S/C15H23FN2O3/c1-3-9-21-14-10-11(16)5-6-13(14)18-15(20)17-8-7-12(19)4-2/h5-6,10,12,19H,3-4,7-9H2,1-2H3,(H2,17,18,20). The number of amides is 2. The van der Waals surface area contributed by atoms with Crippen LogP contribution in [0.5, 0.6) is 5.75 Å². The predicted octanol–water partition coefficient (Wildman–Crippen LogP) is 2.90. The molecule has 1 aromatic rings. The molecular weight excluding hydrogens is 275 g/mol. The van der Waals surface area contributed by atoms with Gasteiger partial charge in [0.05, 0.1) is 18.4 Å². The van der Waals surface area contributed by atoms with Crippen molar-refractivity contribution >= 4 is 11.7 Å². The lowest BCUT2D eigenvalue weighted by Gasteiger charge is -2.13. The Morgan fingerprint density at radius 1 is 1.43 bits per heavy atom. The first-order valence-corrected chi connectivity index (χ1v) is 7.22. The SMILES string of the molecule is CCCOc1cc(F)ccc1NC(=O)NCCC(O)CC. The number of halogens is 1. The normalized spacial score (nSPS) is 11.8. The summed E-state index contributed by atoms with van der Waals surface area (Å²) in [5, 5.41) is 14.6. The largest absolute Gasteiger partial charge is 0.491 e. The molecule has 0 aromatic heterocycles. The van der Waals surface area contributed by atoms with Crippen LogP contribution in [-0.4, -0.2) is 30.4 Å². The first kappa shape index (κ1) is 17.2. The predicted molar refractivity (Wildman–Crippen MR) is 80.1 cm³/mol. The topological polar surface area (TPSA) is 70.6 Å². The molecule has 0 aliphatic rings. The maximum atomic E-state index is 13.2. The van der Waals surface area contributed by atoms with Gasteiger partial charge in [-0.25, -0.2) is 9.18 Å². The molecule has 0 spiro atoms. The number of hydrogen-bond acceptors (Lipinski definition) is 3. The highest BCUT2D eigenvalue weighted by Crippen LogP contribution is 2.25. The fourth-order valence-electron chi connectivity index (χ4n) is 1.65. The Labute approximate surface area is 124 Å². The summed E-state index contributed by atoms with van der Waals surface area (Å²) in [6, 6.07) is 3.55. The van der Waals surface area contributed by atoms with E-state index in [-0.39, 0.29) is 0 Å². The van der Waals surface area contributed by atoms with E-state index < -0.39 is 18.0 Å². The number of rotatable bonds is 8. The fourth-order valence-corrected chi connectivity index (χ4v) is 1.65. The Kier molecular flexibility index (Phi) is 7.53. The lowest BCUT2D eigenvalue weighted by Crippen LogP contribution is -2.31. The number of aliphatic hydroxyl groups is 1. The maximum Gasteiger partial charge on any atom is 0.319 e. The minimum Gasteiger partial charge on any atom is -0.491 e. The van der Waals surface area contributed by atoms with Gasteiger partial charge in [0.2, 0.25) is 0 Å². The number of ether oxygens (including phenoxy) is 1. The summed E-state index contributed by atoms with van der Waals surface area (Å²) in [6.45, 7) is 4.63. The molecule has 0 aliphatic carbocycles. The van der Waals surface area contributed by atoms with E-state index in [1.807, 2.05) is 13.8 Å². The zero-order valence-corrected chi connectivity index (χ0v) is 12.5. The van der Waals surface area contributed by atoms with Gasteiger partial charge in [-0.05, 0) is 31.4 Å². The van der Waals surface area contributed by atoms with Crippen molar-refractivity contribution < 1.29 is 19.0 Å². The summed E-state index contributed by atoms with van der Waals surface area (Å²) in [5.41, 5.74) is 0.415. The number of benzene rings is 1. The van der Waals surface area contributed by atoms with E-state index in [2.05, 4.69) is 10.6 Å². The number of carbonyl (C=O) groups excluding carboxylic acids is 1. The van der Waals surface area contributed by atoms with Crippen LogP contribution in [0.4, 0.5) is 14.9 Å². The highest BCUT2D eigenvalue weighted by Gasteiger charge is 2.09. The van der Waals surface area contributed by atoms with E-state index >= 15 is 0 Å². The van der Waals surface area contributed by atoms with Gasteiger partial charge in [0.25, 0.3) is 0 Å². The first-order valence-electron chi connectivity index (χ1n) is 7.22. The molecule has 0 bridgehead atoms. The van der Waals surface area contributed by atoms with Gasteiger partial charge in [-0.1, -0.05) is 13.8 Å². The number of aliphatic hydroxyl groups excluding tert-OH is 1. The molecule has 0 radical (unpaired) electrons. The monoisotopic (exact) mass is 298 g/mol. The lowest BCUT2D eigenvalue weighted by atomic mass is 10.2. The van der Waals surface area contributed by atoms with Crippen molar-refractivity contribution in [2.24, 2.45) is 0 Å². The zero-order chi connectivity index (χ0) is 15.7. The second kappa shape index (κ2) is 9.18. The number of anilines is 1. The van der Waals surface area contributed by atoms with Crippen LogP contribution in [0.2, 0.25) is 0 Å². The van der Waals surface area contributed by atoms with E-state index in [0.717, 1.165) is 6.42 Å². The molecule has 0 heterocycles. The quantitative estimate of drug-likeness (QED) is 0.691. The van der Waals surface area contributed by atoms with Gasteiger partial charge in [-0.3, -0.25) is 0 Å². The molecular formula is C15H23FN2O3.